The van der Waals surface area contributed by atoms with Crippen LogP contribution in [0, 0.1) is 0 Å². The van der Waals surface area contributed by atoms with Crippen LogP contribution in [-0.4, -0.2) is 24.3 Å². The number of hydrogen-bond acceptors (Lipinski definition) is 2. The van der Waals surface area contributed by atoms with Crippen molar-refractivity contribution in [3.05, 3.63) is 0 Å². The number of rotatable bonds is 5. The van der Waals surface area contributed by atoms with Crippen molar-refractivity contribution in [2.75, 3.05) is 13.1 Å². The fraction of sp³-hybridized carbons (Fsp3) is 1.00. The molecule has 0 bridgehead atoms. The van der Waals surface area contributed by atoms with Crippen LogP contribution in [0.15, 0.2) is 0 Å². The summed E-state index contributed by atoms with van der Waals surface area (Å²) in [6, 6.07) is 0. The molecule has 0 unspecified atom stereocenters. The molecule has 0 aliphatic heterocycles. The summed E-state index contributed by atoms with van der Waals surface area (Å²) < 4.78 is 6.43. The van der Waals surface area contributed by atoms with Crippen molar-refractivity contribution in [3.8, 4) is 0 Å². The molecule has 1 aliphatic carbocycles. The molecule has 0 aromatic carbocycles. The van der Waals surface area contributed by atoms with E-state index < -0.39 is 0 Å². The lowest BCUT2D eigenvalue weighted by atomic mass is 9.92. The van der Waals surface area contributed by atoms with Crippen molar-refractivity contribution in [2.24, 2.45) is 0 Å². The smallest absolute Gasteiger partial charge is 0.0813 e. The summed E-state index contributed by atoms with van der Waals surface area (Å²) >= 11 is 0. The maximum absolute atomic E-state index is 6.43. The summed E-state index contributed by atoms with van der Waals surface area (Å²) in [6.07, 6.45) is 9.05. The van der Waals surface area contributed by atoms with E-state index in [0.717, 1.165) is 13.1 Å². The highest BCUT2D eigenvalue weighted by Gasteiger charge is 2.35. The molecule has 0 aromatic heterocycles. The fourth-order valence-electron chi connectivity index (χ4n) is 2.83. The van der Waals surface area contributed by atoms with Gasteiger partial charge >= 0.3 is 0 Å². The third-order valence-electron chi connectivity index (χ3n) is 3.41. The molecule has 0 radical (unpaired) electrons. The van der Waals surface area contributed by atoms with Gasteiger partial charge in [-0.05, 0) is 46.6 Å². The Morgan fingerprint density at radius 1 is 1.06 bits per heavy atom. The van der Waals surface area contributed by atoms with Crippen LogP contribution in [0.5, 0.6) is 0 Å². The van der Waals surface area contributed by atoms with Crippen LogP contribution in [0.25, 0.3) is 0 Å². The van der Waals surface area contributed by atoms with Crippen LogP contribution < -0.4 is 5.32 Å². The molecule has 0 amide bonds. The van der Waals surface area contributed by atoms with Gasteiger partial charge < -0.3 is 10.1 Å². The Hall–Kier alpha value is -0.0800. The van der Waals surface area contributed by atoms with E-state index in [0.29, 0.717) is 0 Å². The topological polar surface area (TPSA) is 21.3 Å². The van der Waals surface area contributed by atoms with E-state index in [2.05, 4.69) is 33.0 Å². The minimum Gasteiger partial charge on any atom is -0.368 e. The molecule has 2 heteroatoms. The zero-order chi connectivity index (χ0) is 12.8. The first-order chi connectivity index (χ1) is 7.97. The largest absolute Gasteiger partial charge is 0.368 e. The number of ether oxygens (including phenoxy) is 1. The molecule has 1 rings (SSSR count). The molecular weight excluding hydrogens is 210 g/mol. The molecule has 1 saturated carbocycles. The van der Waals surface area contributed by atoms with Crippen LogP contribution >= 0.6 is 0 Å². The summed E-state index contributed by atoms with van der Waals surface area (Å²) in [5.74, 6) is 0. The van der Waals surface area contributed by atoms with Crippen molar-refractivity contribution < 1.29 is 4.74 Å². The van der Waals surface area contributed by atoms with Gasteiger partial charge in [0.1, 0.15) is 0 Å². The van der Waals surface area contributed by atoms with E-state index in [4.69, 9.17) is 4.74 Å². The molecule has 0 spiro atoms. The van der Waals surface area contributed by atoms with E-state index in [-0.39, 0.29) is 11.2 Å². The maximum atomic E-state index is 6.43. The van der Waals surface area contributed by atoms with Gasteiger partial charge in [-0.3, -0.25) is 0 Å². The number of nitrogens with one attached hydrogen (secondary N) is 1. The van der Waals surface area contributed by atoms with Crippen molar-refractivity contribution >= 4 is 0 Å². The van der Waals surface area contributed by atoms with E-state index >= 15 is 0 Å². The van der Waals surface area contributed by atoms with Crippen molar-refractivity contribution in [2.45, 2.75) is 83.8 Å². The highest BCUT2D eigenvalue weighted by atomic mass is 16.5. The average Bonchev–Trinajstić information content (AvgIpc) is 2.42. The number of hydrogen-bond donors (Lipinski definition) is 1. The van der Waals surface area contributed by atoms with Crippen molar-refractivity contribution in [3.63, 3.8) is 0 Å². The van der Waals surface area contributed by atoms with Gasteiger partial charge in [0.2, 0.25) is 0 Å². The minimum absolute atomic E-state index is 0.0295. The standard InChI is InChI=1S/C15H31NO/c1-5-12-16-13-15(17-14(2,3)4)10-8-6-7-9-11-15/h16H,5-13H2,1-4H3. The van der Waals surface area contributed by atoms with Crippen LogP contribution in [0.1, 0.15) is 72.6 Å². The Labute approximate surface area is 108 Å². The first-order valence-electron chi connectivity index (χ1n) is 7.38. The minimum atomic E-state index is -0.0295. The monoisotopic (exact) mass is 241 g/mol. The molecule has 1 fully saturated rings. The maximum Gasteiger partial charge on any atom is 0.0813 e. The molecule has 0 aromatic rings. The van der Waals surface area contributed by atoms with Crippen molar-refractivity contribution in [1.82, 2.24) is 5.32 Å². The highest BCUT2D eigenvalue weighted by Crippen LogP contribution is 2.33. The van der Waals surface area contributed by atoms with Crippen LogP contribution in [0.3, 0.4) is 0 Å². The first kappa shape index (κ1) is 15.0. The molecule has 102 valence electrons. The summed E-state index contributed by atoms with van der Waals surface area (Å²) in [4.78, 5) is 0. The predicted octanol–water partition coefficient (Wildman–Crippen LogP) is 3.89. The zero-order valence-corrected chi connectivity index (χ0v) is 12.3. The van der Waals surface area contributed by atoms with Gasteiger partial charge in [0.25, 0.3) is 0 Å². The zero-order valence-electron chi connectivity index (χ0n) is 12.3. The predicted molar refractivity (Wildman–Crippen MR) is 74.4 cm³/mol. The first-order valence-corrected chi connectivity index (χ1v) is 7.38. The van der Waals surface area contributed by atoms with E-state index in [1.807, 2.05) is 0 Å². The highest BCUT2D eigenvalue weighted by molar-refractivity contribution is 4.88. The molecule has 0 heterocycles. The van der Waals surface area contributed by atoms with Gasteiger partial charge in [-0.25, -0.2) is 0 Å². The molecule has 1 N–H and O–H groups in total. The van der Waals surface area contributed by atoms with E-state index in [1.165, 1.54) is 44.9 Å². The van der Waals surface area contributed by atoms with Gasteiger partial charge in [0.05, 0.1) is 11.2 Å². The van der Waals surface area contributed by atoms with Gasteiger partial charge in [-0.2, -0.15) is 0 Å². The second-order valence-electron chi connectivity index (χ2n) is 6.49. The molecule has 0 saturated heterocycles. The summed E-state index contributed by atoms with van der Waals surface area (Å²) in [7, 11) is 0. The van der Waals surface area contributed by atoms with Crippen molar-refractivity contribution in [1.29, 1.82) is 0 Å². The van der Waals surface area contributed by atoms with E-state index in [9.17, 15) is 0 Å². The van der Waals surface area contributed by atoms with Crippen LogP contribution in [0.2, 0.25) is 0 Å². The second kappa shape index (κ2) is 6.75. The third kappa shape index (κ3) is 5.87. The lowest BCUT2D eigenvalue weighted by molar-refractivity contribution is -0.137. The van der Waals surface area contributed by atoms with Gasteiger partial charge in [-0.1, -0.05) is 32.6 Å². The lowest BCUT2D eigenvalue weighted by Crippen LogP contribution is -2.47. The van der Waals surface area contributed by atoms with E-state index in [1.54, 1.807) is 0 Å². The third-order valence-corrected chi connectivity index (χ3v) is 3.41. The summed E-state index contributed by atoms with van der Waals surface area (Å²) in [6.45, 7) is 10.9. The quantitative estimate of drug-likeness (QED) is 0.582. The Balaban J connectivity index is 2.60. The Morgan fingerprint density at radius 3 is 2.12 bits per heavy atom. The molecule has 1 aliphatic rings. The fourth-order valence-corrected chi connectivity index (χ4v) is 2.83. The Kier molecular flexibility index (Phi) is 5.94. The van der Waals surface area contributed by atoms with Gasteiger partial charge in [0.15, 0.2) is 0 Å². The van der Waals surface area contributed by atoms with Crippen LogP contribution in [0.4, 0.5) is 0 Å². The van der Waals surface area contributed by atoms with Crippen LogP contribution in [-0.2, 0) is 4.74 Å². The molecule has 2 nitrogen and oxygen atoms in total. The summed E-state index contributed by atoms with van der Waals surface area (Å²) in [5, 5.41) is 3.57. The van der Waals surface area contributed by atoms with Gasteiger partial charge in [-0.15, -0.1) is 0 Å². The molecule has 0 atom stereocenters. The average molecular weight is 241 g/mol. The SMILES string of the molecule is CCCNCC1(OC(C)(C)C)CCCCCC1. The second-order valence-corrected chi connectivity index (χ2v) is 6.49. The lowest BCUT2D eigenvalue weighted by Gasteiger charge is -2.39. The summed E-state index contributed by atoms with van der Waals surface area (Å²) in [5.41, 5.74) is 0.0577. The van der Waals surface area contributed by atoms with Gasteiger partial charge in [0, 0.05) is 6.54 Å². The Morgan fingerprint density at radius 2 is 1.65 bits per heavy atom. The normalized spacial score (nSPS) is 21.2. The molecular formula is C15H31NO. The molecule has 17 heavy (non-hydrogen) atoms. The Bertz CT molecular complexity index is 199.